The van der Waals surface area contributed by atoms with Crippen molar-refractivity contribution in [3.63, 3.8) is 0 Å². The van der Waals surface area contributed by atoms with Crippen molar-refractivity contribution < 1.29 is 9.59 Å². The molecule has 3 heterocycles. The fraction of sp³-hybridized carbons (Fsp3) is 0.722. The normalized spacial score (nSPS) is 20.9. The van der Waals surface area contributed by atoms with Crippen LogP contribution in [0.2, 0.25) is 0 Å². The van der Waals surface area contributed by atoms with Gasteiger partial charge >= 0.3 is 0 Å². The number of amides is 2. The zero-order valence-corrected chi connectivity index (χ0v) is 16.0. The highest BCUT2D eigenvalue weighted by Gasteiger charge is 2.27. The molecule has 0 unspecified atom stereocenters. The Morgan fingerprint density at radius 3 is 1.85 bits per heavy atom. The number of nitrogens with one attached hydrogen (secondary N) is 2. The Balaban J connectivity index is 1.63. The number of nitrogens with zero attached hydrogens (tertiary/aromatic N) is 4. The highest BCUT2D eigenvalue weighted by atomic mass is 16.2. The van der Waals surface area contributed by atoms with Crippen LogP contribution < -0.4 is 10.6 Å². The van der Waals surface area contributed by atoms with E-state index < -0.39 is 0 Å². The third-order valence-corrected chi connectivity index (χ3v) is 5.40. The summed E-state index contributed by atoms with van der Waals surface area (Å²) >= 11 is 0. The van der Waals surface area contributed by atoms with Gasteiger partial charge in [0.15, 0.2) is 5.69 Å². The summed E-state index contributed by atoms with van der Waals surface area (Å²) in [6.07, 6.45) is 5.34. The number of aryl methyl sites for hydroxylation is 1. The van der Waals surface area contributed by atoms with E-state index in [1.54, 1.807) is 13.2 Å². The molecule has 2 N–H and O–H groups in total. The van der Waals surface area contributed by atoms with Crippen LogP contribution in [0.25, 0.3) is 0 Å². The standard InChI is InChI=1S/C18H30N6O2/c1-22-8-4-13(5-9-22)19-17(25)15-12-24(3)21-16(15)18(26)20-14-6-10-23(2)11-7-14/h12-14H,4-11H2,1-3H3,(H,19,25)(H,20,26). The second-order valence-electron chi connectivity index (χ2n) is 7.67. The molecule has 0 aliphatic carbocycles. The van der Waals surface area contributed by atoms with E-state index in [9.17, 15) is 9.59 Å². The summed E-state index contributed by atoms with van der Waals surface area (Å²) in [5.41, 5.74) is 0.578. The Hall–Kier alpha value is -1.93. The van der Waals surface area contributed by atoms with E-state index in [0.29, 0.717) is 5.56 Å². The molecule has 0 spiro atoms. The van der Waals surface area contributed by atoms with Crippen molar-refractivity contribution in [3.05, 3.63) is 17.5 Å². The zero-order chi connectivity index (χ0) is 18.7. The van der Waals surface area contributed by atoms with Crippen LogP contribution in [0.1, 0.15) is 46.5 Å². The van der Waals surface area contributed by atoms with Gasteiger partial charge in [0, 0.05) is 25.3 Å². The minimum Gasteiger partial charge on any atom is -0.349 e. The first-order valence-electron chi connectivity index (χ1n) is 9.45. The number of aromatic nitrogens is 2. The molecule has 0 aromatic carbocycles. The molecule has 1 aromatic heterocycles. The average molecular weight is 362 g/mol. The molecule has 1 aromatic rings. The average Bonchev–Trinajstić information content (AvgIpc) is 3.01. The molecule has 2 aliphatic heterocycles. The van der Waals surface area contributed by atoms with Crippen molar-refractivity contribution in [3.8, 4) is 0 Å². The Kier molecular flexibility index (Phi) is 5.93. The number of likely N-dealkylation sites (tertiary alicyclic amines) is 2. The third kappa shape index (κ3) is 4.62. The van der Waals surface area contributed by atoms with Gasteiger partial charge in [-0.1, -0.05) is 0 Å². The van der Waals surface area contributed by atoms with Crippen LogP contribution >= 0.6 is 0 Å². The molecule has 8 heteroatoms. The minimum atomic E-state index is -0.256. The van der Waals surface area contributed by atoms with Gasteiger partial charge in [-0.15, -0.1) is 0 Å². The van der Waals surface area contributed by atoms with Gasteiger partial charge in [-0.3, -0.25) is 14.3 Å². The van der Waals surface area contributed by atoms with Crippen LogP contribution in [-0.2, 0) is 7.05 Å². The maximum atomic E-state index is 12.7. The Morgan fingerprint density at radius 2 is 1.35 bits per heavy atom. The van der Waals surface area contributed by atoms with Crippen molar-refractivity contribution in [2.24, 2.45) is 7.05 Å². The highest BCUT2D eigenvalue weighted by molar-refractivity contribution is 6.06. The first kappa shape index (κ1) is 18.8. The lowest BCUT2D eigenvalue weighted by Crippen LogP contribution is -2.45. The van der Waals surface area contributed by atoms with E-state index in [2.05, 4.69) is 39.6 Å². The molecule has 2 amide bonds. The number of hydrogen-bond acceptors (Lipinski definition) is 5. The van der Waals surface area contributed by atoms with Crippen molar-refractivity contribution in [1.82, 2.24) is 30.2 Å². The Morgan fingerprint density at radius 1 is 0.885 bits per heavy atom. The zero-order valence-electron chi connectivity index (χ0n) is 16.0. The smallest absolute Gasteiger partial charge is 0.272 e. The van der Waals surface area contributed by atoms with Crippen molar-refractivity contribution in [1.29, 1.82) is 0 Å². The summed E-state index contributed by atoms with van der Waals surface area (Å²) in [6, 6.07) is 0.300. The molecule has 0 saturated carbocycles. The van der Waals surface area contributed by atoms with Gasteiger partial charge in [-0.25, -0.2) is 0 Å². The fourth-order valence-electron chi connectivity index (χ4n) is 3.65. The number of piperidine rings is 2. The summed E-state index contributed by atoms with van der Waals surface area (Å²) in [5.74, 6) is -0.463. The number of carbonyl (C=O) groups is 2. The quantitative estimate of drug-likeness (QED) is 0.792. The van der Waals surface area contributed by atoms with E-state index in [4.69, 9.17) is 0 Å². The van der Waals surface area contributed by atoms with E-state index >= 15 is 0 Å². The van der Waals surface area contributed by atoms with Gasteiger partial charge < -0.3 is 20.4 Å². The van der Waals surface area contributed by atoms with Crippen LogP contribution in [0.5, 0.6) is 0 Å². The predicted molar refractivity (Wildman–Crippen MR) is 99.2 cm³/mol. The first-order valence-corrected chi connectivity index (χ1v) is 9.45. The number of carbonyl (C=O) groups excluding carboxylic acids is 2. The maximum absolute atomic E-state index is 12.7. The molecule has 26 heavy (non-hydrogen) atoms. The second kappa shape index (κ2) is 8.18. The van der Waals surface area contributed by atoms with Crippen LogP contribution in [0.3, 0.4) is 0 Å². The summed E-state index contributed by atoms with van der Waals surface area (Å²) in [7, 11) is 5.91. The highest BCUT2D eigenvalue weighted by Crippen LogP contribution is 2.13. The van der Waals surface area contributed by atoms with Gasteiger partial charge in [0.1, 0.15) is 0 Å². The van der Waals surface area contributed by atoms with Gasteiger partial charge in [0.2, 0.25) is 0 Å². The summed E-state index contributed by atoms with van der Waals surface area (Å²) < 4.78 is 1.53. The molecule has 0 atom stereocenters. The molecule has 3 rings (SSSR count). The van der Waals surface area contributed by atoms with Crippen LogP contribution in [0, 0.1) is 0 Å². The van der Waals surface area contributed by atoms with E-state index in [-0.39, 0.29) is 29.6 Å². The van der Waals surface area contributed by atoms with Crippen molar-refractivity contribution in [2.75, 3.05) is 40.3 Å². The van der Waals surface area contributed by atoms with E-state index in [1.807, 2.05) is 0 Å². The van der Waals surface area contributed by atoms with Gasteiger partial charge in [0.25, 0.3) is 11.8 Å². The molecular weight excluding hydrogens is 332 g/mol. The van der Waals surface area contributed by atoms with E-state index in [0.717, 1.165) is 51.9 Å². The van der Waals surface area contributed by atoms with Crippen molar-refractivity contribution >= 4 is 11.8 Å². The topological polar surface area (TPSA) is 82.5 Å². The monoisotopic (exact) mass is 362 g/mol. The molecule has 2 aliphatic rings. The summed E-state index contributed by atoms with van der Waals surface area (Å²) in [5, 5.41) is 10.4. The van der Waals surface area contributed by atoms with Gasteiger partial charge in [-0.05, 0) is 66.0 Å². The predicted octanol–water partition coefficient (Wildman–Crippen LogP) is 0.0681. The molecule has 8 nitrogen and oxygen atoms in total. The third-order valence-electron chi connectivity index (χ3n) is 5.40. The molecule has 0 bridgehead atoms. The molecular formula is C18H30N6O2. The largest absolute Gasteiger partial charge is 0.349 e. The molecule has 2 fully saturated rings. The van der Waals surface area contributed by atoms with Crippen LogP contribution in [0.15, 0.2) is 6.20 Å². The summed E-state index contributed by atoms with van der Waals surface area (Å²) in [6.45, 7) is 3.89. The Labute approximate surface area is 154 Å². The maximum Gasteiger partial charge on any atom is 0.272 e. The van der Waals surface area contributed by atoms with Gasteiger partial charge in [-0.2, -0.15) is 5.10 Å². The number of hydrogen-bond donors (Lipinski definition) is 2. The lowest BCUT2D eigenvalue weighted by Gasteiger charge is -2.29. The molecule has 0 radical (unpaired) electrons. The minimum absolute atomic E-state index is 0.144. The van der Waals surface area contributed by atoms with Gasteiger partial charge in [0.05, 0.1) is 5.56 Å². The van der Waals surface area contributed by atoms with Crippen molar-refractivity contribution in [2.45, 2.75) is 37.8 Å². The molecule has 2 saturated heterocycles. The second-order valence-corrected chi connectivity index (χ2v) is 7.67. The Bertz CT molecular complexity index is 589. The lowest BCUT2D eigenvalue weighted by molar-refractivity contribution is 0.0879. The first-order chi connectivity index (χ1) is 12.4. The van der Waals surface area contributed by atoms with Crippen LogP contribution in [0.4, 0.5) is 0 Å². The molecule has 144 valence electrons. The van der Waals surface area contributed by atoms with Crippen LogP contribution in [-0.4, -0.2) is 83.8 Å². The fourth-order valence-corrected chi connectivity index (χ4v) is 3.65. The van der Waals surface area contributed by atoms with E-state index in [1.165, 1.54) is 4.68 Å². The summed E-state index contributed by atoms with van der Waals surface area (Å²) in [4.78, 5) is 29.9. The SMILES string of the molecule is CN1CCC(NC(=O)c2cn(C)nc2C(=O)NC2CCN(C)CC2)CC1. The number of rotatable bonds is 4. The lowest BCUT2D eigenvalue weighted by atomic mass is 10.0.